The van der Waals surface area contributed by atoms with E-state index in [0.717, 1.165) is 24.3 Å². The lowest BCUT2D eigenvalue weighted by Crippen LogP contribution is -2.27. The van der Waals surface area contributed by atoms with Crippen molar-refractivity contribution >= 4 is 11.6 Å². The van der Waals surface area contributed by atoms with Crippen molar-refractivity contribution in [1.29, 1.82) is 0 Å². The molecule has 1 heterocycles. The quantitative estimate of drug-likeness (QED) is 0.836. The number of ether oxygens (including phenoxy) is 1. The second kappa shape index (κ2) is 4.75. The largest absolute Gasteiger partial charge is 0.379 e. The van der Waals surface area contributed by atoms with Crippen LogP contribution in [0.5, 0.6) is 0 Å². The van der Waals surface area contributed by atoms with Gasteiger partial charge in [0.15, 0.2) is 0 Å². The van der Waals surface area contributed by atoms with Crippen molar-refractivity contribution in [2.45, 2.75) is 32.4 Å². The molecule has 0 saturated carbocycles. The Hall–Kier alpha value is -1.55. The summed E-state index contributed by atoms with van der Waals surface area (Å²) in [6.07, 6.45) is 1.24. The van der Waals surface area contributed by atoms with Gasteiger partial charge in [-0.2, -0.15) is 0 Å². The smallest absolute Gasteiger partial charge is 0.248 e. The van der Waals surface area contributed by atoms with E-state index in [1.807, 2.05) is 19.1 Å². The Labute approximate surface area is 101 Å². The fourth-order valence-electron chi connectivity index (χ4n) is 2.10. The number of carbonyl (C=O) groups excluding carboxylic acids is 1. The van der Waals surface area contributed by atoms with Crippen LogP contribution in [0, 0.1) is 6.92 Å². The summed E-state index contributed by atoms with van der Waals surface area (Å²) < 4.78 is 5.50. The summed E-state index contributed by atoms with van der Waals surface area (Å²) >= 11 is 0. The third kappa shape index (κ3) is 2.58. The van der Waals surface area contributed by atoms with E-state index in [4.69, 9.17) is 10.5 Å². The summed E-state index contributed by atoms with van der Waals surface area (Å²) in [4.78, 5) is 11.0. The second-order valence-electron chi connectivity index (χ2n) is 4.51. The van der Waals surface area contributed by atoms with Gasteiger partial charge in [0.25, 0.3) is 0 Å². The molecule has 0 radical (unpaired) electrons. The van der Waals surface area contributed by atoms with Gasteiger partial charge in [-0.05, 0) is 44.0 Å². The highest BCUT2D eigenvalue weighted by Gasteiger charge is 2.24. The minimum atomic E-state index is -0.391. The number of hydrogen-bond acceptors (Lipinski definition) is 3. The van der Waals surface area contributed by atoms with Gasteiger partial charge in [0, 0.05) is 17.9 Å². The van der Waals surface area contributed by atoms with E-state index >= 15 is 0 Å². The van der Waals surface area contributed by atoms with Gasteiger partial charge in [0.05, 0.1) is 12.1 Å². The molecule has 1 aromatic carbocycles. The summed E-state index contributed by atoms with van der Waals surface area (Å²) in [7, 11) is 0. The average Bonchev–Trinajstić information content (AvgIpc) is 2.67. The van der Waals surface area contributed by atoms with Gasteiger partial charge in [0.1, 0.15) is 0 Å². The molecule has 1 aliphatic heterocycles. The highest BCUT2D eigenvalue weighted by molar-refractivity contribution is 5.93. The number of primary amides is 1. The first-order chi connectivity index (χ1) is 8.08. The van der Waals surface area contributed by atoms with Crippen LogP contribution < -0.4 is 11.1 Å². The zero-order chi connectivity index (χ0) is 12.4. The minimum Gasteiger partial charge on any atom is -0.379 e. The predicted octanol–water partition coefficient (Wildman–Crippen LogP) is 1.68. The van der Waals surface area contributed by atoms with Crippen LogP contribution in [0.1, 0.15) is 29.3 Å². The van der Waals surface area contributed by atoms with Crippen LogP contribution in [0.25, 0.3) is 0 Å². The molecule has 2 rings (SSSR count). The van der Waals surface area contributed by atoms with Crippen molar-refractivity contribution in [2.24, 2.45) is 5.73 Å². The van der Waals surface area contributed by atoms with E-state index in [2.05, 4.69) is 12.2 Å². The molecule has 0 spiro atoms. The van der Waals surface area contributed by atoms with Gasteiger partial charge in [-0.1, -0.05) is 0 Å². The lowest BCUT2D eigenvalue weighted by atomic mass is 10.1. The third-order valence-electron chi connectivity index (χ3n) is 3.23. The number of amides is 1. The van der Waals surface area contributed by atoms with Crippen molar-refractivity contribution < 1.29 is 9.53 Å². The first-order valence-corrected chi connectivity index (χ1v) is 5.86. The van der Waals surface area contributed by atoms with Gasteiger partial charge >= 0.3 is 0 Å². The standard InChI is InChI=1S/C13H18N2O2/c1-8-7-10(13(14)16)3-4-11(8)15-12-5-6-17-9(12)2/h3-4,7,9,12,15H,5-6H2,1-2H3,(H2,14,16). The van der Waals surface area contributed by atoms with Crippen LogP contribution >= 0.6 is 0 Å². The molecule has 1 aromatic rings. The number of anilines is 1. The molecule has 17 heavy (non-hydrogen) atoms. The van der Waals surface area contributed by atoms with E-state index in [0.29, 0.717) is 11.6 Å². The summed E-state index contributed by atoms with van der Waals surface area (Å²) in [5.41, 5.74) is 7.85. The number of nitrogens with two attached hydrogens (primary N) is 1. The molecule has 0 aromatic heterocycles. The highest BCUT2D eigenvalue weighted by Crippen LogP contribution is 2.22. The zero-order valence-electron chi connectivity index (χ0n) is 10.2. The van der Waals surface area contributed by atoms with E-state index < -0.39 is 5.91 Å². The molecule has 1 aliphatic rings. The maximum atomic E-state index is 11.0. The number of nitrogens with one attached hydrogen (secondary N) is 1. The number of benzene rings is 1. The van der Waals surface area contributed by atoms with Crippen molar-refractivity contribution in [1.82, 2.24) is 0 Å². The van der Waals surface area contributed by atoms with Crippen LogP contribution in [-0.4, -0.2) is 24.7 Å². The Bertz CT molecular complexity index is 431. The van der Waals surface area contributed by atoms with Gasteiger partial charge in [-0.15, -0.1) is 0 Å². The first-order valence-electron chi connectivity index (χ1n) is 5.86. The topological polar surface area (TPSA) is 64.4 Å². The SMILES string of the molecule is Cc1cc(C(N)=O)ccc1NC1CCOC1C. The Kier molecular flexibility index (Phi) is 3.33. The van der Waals surface area contributed by atoms with Crippen molar-refractivity contribution in [2.75, 3.05) is 11.9 Å². The summed E-state index contributed by atoms with van der Waals surface area (Å²) in [6.45, 7) is 4.84. The maximum absolute atomic E-state index is 11.0. The van der Waals surface area contributed by atoms with Gasteiger partial charge in [-0.3, -0.25) is 4.79 Å². The molecule has 1 amide bonds. The van der Waals surface area contributed by atoms with Gasteiger partial charge in [-0.25, -0.2) is 0 Å². The Morgan fingerprint density at radius 1 is 1.53 bits per heavy atom. The predicted molar refractivity (Wildman–Crippen MR) is 67.1 cm³/mol. The molecule has 0 bridgehead atoms. The zero-order valence-corrected chi connectivity index (χ0v) is 10.2. The van der Waals surface area contributed by atoms with Crippen LogP contribution in [0.2, 0.25) is 0 Å². The number of aryl methyl sites for hydroxylation is 1. The normalized spacial score (nSPS) is 23.6. The Morgan fingerprint density at radius 3 is 2.82 bits per heavy atom. The molecule has 92 valence electrons. The first kappa shape index (κ1) is 11.9. The highest BCUT2D eigenvalue weighted by atomic mass is 16.5. The molecular formula is C13H18N2O2. The molecule has 4 nitrogen and oxygen atoms in total. The fourth-order valence-corrected chi connectivity index (χ4v) is 2.10. The second-order valence-corrected chi connectivity index (χ2v) is 4.51. The van der Waals surface area contributed by atoms with Crippen molar-refractivity contribution in [3.05, 3.63) is 29.3 Å². The molecule has 2 unspecified atom stereocenters. The van der Waals surface area contributed by atoms with E-state index in [1.54, 1.807) is 6.07 Å². The Balaban J connectivity index is 2.14. The summed E-state index contributed by atoms with van der Waals surface area (Å²) in [6, 6.07) is 5.80. The van der Waals surface area contributed by atoms with E-state index in [9.17, 15) is 4.79 Å². The molecule has 4 heteroatoms. The lowest BCUT2D eigenvalue weighted by Gasteiger charge is -2.19. The number of carbonyl (C=O) groups is 1. The molecule has 1 saturated heterocycles. The molecule has 3 N–H and O–H groups in total. The fraction of sp³-hybridized carbons (Fsp3) is 0.462. The molecule has 2 atom stereocenters. The van der Waals surface area contributed by atoms with E-state index in [-0.39, 0.29) is 6.10 Å². The van der Waals surface area contributed by atoms with Crippen molar-refractivity contribution in [3.8, 4) is 0 Å². The van der Waals surface area contributed by atoms with E-state index in [1.165, 1.54) is 0 Å². The minimum absolute atomic E-state index is 0.227. The Morgan fingerprint density at radius 2 is 2.29 bits per heavy atom. The lowest BCUT2D eigenvalue weighted by molar-refractivity contribution is 0.1000. The van der Waals surface area contributed by atoms with Crippen LogP contribution in [0.3, 0.4) is 0 Å². The van der Waals surface area contributed by atoms with Gasteiger partial charge < -0.3 is 15.8 Å². The van der Waals surface area contributed by atoms with Gasteiger partial charge in [0.2, 0.25) is 5.91 Å². The van der Waals surface area contributed by atoms with Crippen molar-refractivity contribution in [3.63, 3.8) is 0 Å². The summed E-state index contributed by atoms with van der Waals surface area (Å²) in [5.74, 6) is -0.391. The number of rotatable bonds is 3. The number of hydrogen-bond donors (Lipinski definition) is 2. The molecular weight excluding hydrogens is 216 g/mol. The van der Waals surface area contributed by atoms with Crippen LogP contribution in [0.15, 0.2) is 18.2 Å². The van der Waals surface area contributed by atoms with Crippen LogP contribution in [0.4, 0.5) is 5.69 Å². The third-order valence-corrected chi connectivity index (χ3v) is 3.23. The molecule has 0 aliphatic carbocycles. The maximum Gasteiger partial charge on any atom is 0.248 e. The monoisotopic (exact) mass is 234 g/mol. The van der Waals surface area contributed by atoms with Crippen LogP contribution in [-0.2, 0) is 4.74 Å². The summed E-state index contributed by atoms with van der Waals surface area (Å²) in [5, 5.41) is 3.45. The molecule has 1 fully saturated rings. The average molecular weight is 234 g/mol.